The van der Waals surface area contributed by atoms with Crippen LogP contribution in [0.4, 0.5) is 4.39 Å². The summed E-state index contributed by atoms with van der Waals surface area (Å²) in [5.41, 5.74) is 0. The Morgan fingerprint density at radius 3 is 2.07 bits per heavy atom. The molecule has 0 spiro atoms. The maximum atomic E-state index is 13.2. The minimum Gasteiger partial charge on any atom is -0.454 e. The van der Waals surface area contributed by atoms with Gasteiger partial charge in [0.15, 0.2) is 11.6 Å². The van der Waals surface area contributed by atoms with Gasteiger partial charge in [-0.15, -0.1) is 0 Å². The van der Waals surface area contributed by atoms with E-state index in [9.17, 15) is 4.39 Å². The molecular formula is C12H12FNO. The number of rotatable bonds is 2. The lowest BCUT2D eigenvalue weighted by molar-refractivity contribution is 0.442. The number of ether oxygens (including phenoxy) is 1. The molecule has 3 heteroatoms. The van der Waals surface area contributed by atoms with E-state index in [1.165, 1.54) is 6.07 Å². The van der Waals surface area contributed by atoms with Crippen molar-refractivity contribution in [3.63, 3.8) is 0 Å². The highest BCUT2D eigenvalue weighted by Crippen LogP contribution is 2.23. The first-order chi connectivity index (χ1) is 6.86. The molecule has 0 fully saturated rings. The average molecular weight is 205 g/mol. The second kappa shape index (κ2) is 5.12. The molecule has 0 aliphatic rings. The van der Waals surface area contributed by atoms with Gasteiger partial charge in [0.2, 0.25) is 0 Å². The van der Waals surface area contributed by atoms with E-state index in [0.29, 0.717) is 5.75 Å². The van der Waals surface area contributed by atoms with Crippen molar-refractivity contribution in [2.45, 2.75) is 0 Å². The average Bonchev–Trinajstić information content (AvgIpc) is 2.23. The smallest absolute Gasteiger partial charge is 0.165 e. The van der Waals surface area contributed by atoms with Crippen LogP contribution >= 0.6 is 0 Å². The largest absolute Gasteiger partial charge is 0.454 e. The van der Waals surface area contributed by atoms with E-state index in [-0.39, 0.29) is 17.7 Å². The summed E-state index contributed by atoms with van der Waals surface area (Å²) in [6.45, 7) is 0. The zero-order chi connectivity index (χ0) is 9.80. The van der Waals surface area contributed by atoms with Crippen molar-refractivity contribution in [1.82, 2.24) is 6.15 Å². The molecule has 0 saturated carbocycles. The Bertz CT molecular complexity index is 417. The monoisotopic (exact) mass is 205 g/mol. The summed E-state index contributed by atoms with van der Waals surface area (Å²) >= 11 is 0. The Balaban J connectivity index is 0.00000112. The molecule has 2 nitrogen and oxygen atoms in total. The summed E-state index contributed by atoms with van der Waals surface area (Å²) < 4.78 is 18.5. The van der Waals surface area contributed by atoms with Crippen molar-refractivity contribution in [2.24, 2.45) is 0 Å². The van der Waals surface area contributed by atoms with E-state index in [0.717, 1.165) is 0 Å². The van der Waals surface area contributed by atoms with Gasteiger partial charge in [0, 0.05) is 0 Å². The molecule has 0 aliphatic carbocycles. The molecule has 0 atom stereocenters. The summed E-state index contributed by atoms with van der Waals surface area (Å²) in [5.74, 6) is 0.535. The van der Waals surface area contributed by atoms with Crippen LogP contribution < -0.4 is 10.9 Å². The maximum Gasteiger partial charge on any atom is 0.165 e. The Hall–Kier alpha value is -1.87. The van der Waals surface area contributed by atoms with Gasteiger partial charge in [-0.3, -0.25) is 0 Å². The molecule has 2 aromatic carbocycles. The van der Waals surface area contributed by atoms with E-state index >= 15 is 0 Å². The van der Waals surface area contributed by atoms with Crippen LogP contribution in [0.5, 0.6) is 11.5 Å². The van der Waals surface area contributed by atoms with Gasteiger partial charge in [0.05, 0.1) is 0 Å². The zero-order valence-electron chi connectivity index (χ0n) is 8.19. The van der Waals surface area contributed by atoms with Crippen LogP contribution in [0.1, 0.15) is 0 Å². The van der Waals surface area contributed by atoms with Crippen LogP contribution in [0.15, 0.2) is 54.6 Å². The van der Waals surface area contributed by atoms with Gasteiger partial charge in [-0.1, -0.05) is 30.3 Å². The summed E-state index contributed by atoms with van der Waals surface area (Å²) in [4.78, 5) is 0. The number of benzene rings is 2. The molecule has 0 radical (unpaired) electrons. The van der Waals surface area contributed by atoms with Gasteiger partial charge in [-0.05, 0) is 24.3 Å². The van der Waals surface area contributed by atoms with Crippen LogP contribution in [0.25, 0.3) is 0 Å². The van der Waals surface area contributed by atoms with E-state index < -0.39 is 0 Å². The number of hydrogen-bond donors (Lipinski definition) is 1. The highest BCUT2D eigenvalue weighted by molar-refractivity contribution is 5.31. The van der Waals surface area contributed by atoms with Crippen LogP contribution in [0.2, 0.25) is 0 Å². The van der Waals surface area contributed by atoms with Crippen molar-refractivity contribution >= 4 is 0 Å². The molecule has 0 amide bonds. The normalized spacial score (nSPS) is 9.13. The molecule has 2 aromatic rings. The van der Waals surface area contributed by atoms with Crippen LogP contribution in [0.3, 0.4) is 0 Å². The van der Waals surface area contributed by atoms with Gasteiger partial charge in [0.1, 0.15) is 5.75 Å². The number of hydrogen-bond acceptors (Lipinski definition) is 2. The fourth-order valence-electron chi connectivity index (χ4n) is 1.14. The Morgan fingerprint density at radius 1 is 0.800 bits per heavy atom. The molecule has 0 unspecified atom stereocenters. The highest BCUT2D eigenvalue weighted by Gasteiger charge is 2.01. The predicted octanol–water partition coefficient (Wildman–Crippen LogP) is 3.78. The molecule has 0 aliphatic heterocycles. The summed E-state index contributed by atoms with van der Waals surface area (Å²) in [6.07, 6.45) is 0. The van der Waals surface area contributed by atoms with Crippen LogP contribution in [-0.2, 0) is 0 Å². The standard InChI is InChI=1S/C12H9FO.H3N/c13-11-8-4-5-9-12(11)14-10-6-2-1-3-7-10;/h1-9H;1H3. The molecule has 0 aromatic heterocycles. The Labute approximate surface area is 87.9 Å². The minimum absolute atomic E-state index is 0. The van der Waals surface area contributed by atoms with E-state index in [1.54, 1.807) is 30.3 Å². The first-order valence-electron chi connectivity index (χ1n) is 4.34. The van der Waals surface area contributed by atoms with Crippen molar-refractivity contribution < 1.29 is 9.13 Å². The fraction of sp³-hybridized carbons (Fsp3) is 0. The SMILES string of the molecule is Fc1ccccc1Oc1ccccc1.N. The van der Waals surface area contributed by atoms with Crippen molar-refractivity contribution in [2.75, 3.05) is 0 Å². The summed E-state index contributed by atoms with van der Waals surface area (Å²) in [7, 11) is 0. The van der Waals surface area contributed by atoms with Crippen molar-refractivity contribution in [3.8, 4) is 11.5 Å². The second-order valence-corrected chi connectivity index (χ2v) is 2.85. The fourth-order valence-corrected chi connectivity index (χ4v) is 1.14. The molecule has 0 heterocycles. The van der Waals surface area contributed by atoms with Gasteiger partial charge >= 0.3 is 0 Å². The van der Waals surface area contributed by atoms with E-state index in [1.807, 2.05) is 18.2 Å². The lowest BCUT2D eigenvalue weighted by Crippen LogP contribution is -1.86. The maximum absolute atomic E-state index is 13.2. The van der Waals surface area contributed by atoms with Gasteiger partial charge < -0.3 is 10.9 Å². The molecule has 0 saturated heterocycles. The number of para-hydroxylation sites is 2. The van der Waals surface area contributed by atoms with Crippen molar-refractivity contribution in [3.05, 3.63) is 60.4 Å². The molecule has 78 valence electrons. The lowest BCUT2D eigenvalue weighted by Gasteiger charge is -2.05. The minimum atomic E-state index is -0.351. The van der Waals surface area contributed by atoms with Crippen LogP contribution in [-0.4, -0.2) is 0 Å². The highest BCUT2D eigenvalue weighted by atomic mass is 19.1. The summed E-state index contributed by atoms with van der Waals surface area (Å²) in [6, 6.07) is 15.5. The van der Waals surface area contributed by atoms with E-state index in [4.69, 9.17) is 4.74 Å². The third kappa shape index (κ3) is 2.79. The van der Waals surface area contributed by atoms with E-state index in [2.05, 4.69) is 0 Å². The third-order valence-corrected chi connectivity index (χ3v) is 1.81. The molecule has 3 N–H and O–H groups in total. The Morgan fingerprint density at radius 2 is 1.40 bits per heavy atom. The van der Waals surface area contributed by atoms with Gasteiger partial charge in [-0.2, -0.15) is 0 Å². The van der Waals surface area contributed by atoms with Crippen LogP contribution in [0, 0.1) is 5.82 Å². The van der Waals surface area contributed by atoms with Gasteiger partial charge in [0.25, 0.3) is 0 Å². The molecule has 0 bridgehead atoms. The molecule has 2 rings (SSSR count). The topological polar surface area (TPSA) is 44.2 Å². The second-order valence-electron chi connectivity index (χ2n) is 2.85. The molecular weight excluding hydrogens is 193 g/mol. The van der Waals surface area contributed by atoms with Gasteiger partial charge in [-0.25, -0.2) is 4.39 Å². The molecule has 15 heavy (non-hydrogen) atoms. The first-order valence-corrected chi connectivity index (χ1v) is 4.34. The lowest BCUT2D eigenvalue weighted by atomic mass is 10.3. The predicted molar refractivity (Wildman–Crippen MR) is 57.9 cm³/mol. The first kappa shape index (κ1) is 11.2. The summed E-state index contributed by atoms with van der Waals surface area (Å²) in [5, 5.41) is 0. The third-order valence-electron chi connectivity index (χ3n) is 1.81. The number of halogens is 1. The Kier molecular flexibility index (Phi) is 3.83. The quantitative estimate of drug-likeness (QED) is 0.810. The zero-order valence-corrected chi connectivity index (χ0v) is 8.19. The van der Waals surface area contributed by atoms with Crippen molar-refractivity contribution in [1.29, 1.82) is 0 Å².